The summed E-state index contributed by atoms with van der Waals surface area (Å²) in [7, 11) is 0. The van der Waals surface area contributed by atoms with Gasteiger partial charge in [-0.2, -0.15) is 18.9 Å². The lowest BCUT2D eigenvalue weighted by Gasteiger charge is -2.42. The quantitative estimate of drug-likeness (QED) is 0.620. The van der Waals surface area contributed by atoms with Gasteiger partial charge < -0.3 is 15.5 Å². The molecule has 9 nitrogen and oxygen atoms in total. The van der Waals surface area contributed by atoms with E-state index >= 15 is 0 Å². The van der Waals surface area contributed by atoms with Crippen molar-refractivity contribution < 1.29 is 8.78 Å². The summed E-state index contributed by atoms with van der Waals surface area (Å²) in [5, 5.41) is 6.81. The van der Waals surface area contributed by atoms with Gasteiger partial charge >= 0.3 is 6.55 Å². The van der Waals surface area contributed by atoms with Crippen molar-refractivity contribution in [3.8, 4) is 0 Å². The molecule has 1 unspecified atom stereocenters. The van der Waals surface area contributed by atoms with Crippen LogP contribution in [0.3, 0.4) is 0 Å². The predicted molar refractivity (Wildman–Crippen MR) is 99.9 cm³/mol. The van der Waals surface area contributed by atoms with E-state index in [9.17, 15) is 8.78 Å². The fourth-order valence-corrected chi connectivity index (χ4v) is 3.01. The summed E-state index contributed by atoms with van der Waals surface area (Å²) in [6.45, 7) is 0.749. The lowest BCUT2D eigenvalue weighted by Crippen LogP contribution is -2.68. The zero-order valence-electron chi connectivity index (χ0n) is 15.2. The highest BCUT2D eigenvalue weighted by Crippen LogP contribution is 2.34. The number of halogens is 2. The maximum atomic E-state index is 12.9. The van der Waals surface area contributed by atoms with Gasteiger partial charge in [-0.05, 0) is 32.0 Å². The van der Waals surface area contributed by atoms with Crippen molar-refractivity contribution in [2.75, 3.05) is 0 Å². The topological polar surface area (TPSA) is 124 Å². The van der Waals surface area contributed by atoms with E-state index in [0.29, 0.717) is 21.8 Å². The molecule has 0 amide bonds. The Morgan fingerprint density at radius 2 is 2.04 bits per heavy atom. The van der Waals surface area contributed by atoms with Crippen LogP contribution in [-0.4, -0.2) is 36.7 Å². The SMILES string of the molecule is CC(C)(c1ccn(C(F)F)n1)C1(N)N=C(c2ccc3cncn3c2)N=C(N)N1. The van der Waals surface area contributed by atoms with Crippen molar-refractivity contribution in [1.82, 2.24) is 24.5 Å². The highest BCUT2D eigenvalue weighted by Gasteiger charge is 2.47. The summed E-state index contributed by atoms with van der Waals surface area (Å²) in [5.41, 5.74) is 13.5. The maximum Gasteiger partial charge on any atom is 0.333 e. The Labute approximate surface area is 158 Å². The Kier molecular flexibility index (Phi) is 3.93. The number of guanidine groups is 1. The van der Waals surface area contributed by atoms with Gasteiger partial charge in [0.25, 0.3) is 0 Å². The van der Waals surface area contributed by atoms with Gasteiger partial charge in [-0.3, -0.25) is 5.73 Å². The summed E-state index contributed by atoms with van der Waals surface area (Å²) in [4.78, 5) is 12.9. The number of hydrogen-bond donors (Lipinski definition) is 3. The molecule has 11 heteroatoms. The first-order valence-corrected chi connectivity index (χ1v) is 8.46. The van der Waals surface area contributed by atoms with E-state index in [2.05, 4.69) is 25.4 Å². The number of aromatic nitrogens is 4. The molecule has 0 bridgehead atoms. The zero-order chi connectivity index (χ0) is 20.1. The van der Waals surface area contributed by atoms with Crippen LogP contribution in [0.4, 0.5) is 8.78 Å². The average molecular weight is 387 g/mol. The van der Waals surface area contributed by atoms with E-state index in [-0.39, 0.29) is 5.96 Å². The highest BCUT2D eigenvalue weighted by atomic mass is 19.3. The van der Waals surface area contributed by atoms with Crippen molar-refractivity contribution in [2.24, 2.45) is 21.5 Å². The lowest BCUT2D eigenvalue weighted by molar-refractivity contribution is 0.0551. The number of amidine groups is 1. The first-order chi connectivity index (χ1) is 13.2. The van der Waals surface area contributed by atoms with E-state index in [1.54, 1.807) is 26.4 Å². The van der Waals surface area contributed by atoms with Crippen LogP contribution < -0.4 is 16.8 Å². The first kappa shape index (κ1) is 18.0. The molecule has 3 aromatic rings. The van der Waals surface area contributed by atoms with Gasteiger partial charge in [0, 0.05) is 18.0 Å². The van der Waals surface area contributed by atoms with Crippen LogP contribution in [0.25, 0.3) is 5.52 Å². The van der Waals surface area contributed by atoms with Crippen LogP contribution in [0.15, 0.2) is 53.1 Å². The van der Waals surface area contributed by atoms with Crippen molar-refractivity contribution in [3.63, 3.8) is 0 Å². The summed E-state index contributed by atoms with van der Waals surface area (Å²) in [6.07, 6.45) is 6.39. The molecule has 3 aromatic heterocycles. The highest BCUT2D eigenvalue weighted by molar-refractivity contribution is 6.07. The van der Waals surface area contributed by atoms with Gasteiger partial charge in [-0.1, -0.05) is 0 Å². The molecule has 1 aliphatic rings. The van der Waals surface area contributed by atoms with Crippen LogP contribution in [0.5, 0.6) is 0 Å². The summed E-state index contributed by atoms with van der Waals surface area (Å²) in [6, 6.07) is 5.18. The fourth-order valence-electron chi connectivity index (χ4n) is 3.01. The molecular formula is C17H19F2N9. The van der Waals surface area contributed by atoms with Crippen molar-refractivity contribution in [3.05, 3.63) is 54.4 Å². The number of rotatable bonds is 4. The number of nitrogens with one attached hydrogen (secondary N) is 1. The van der Waals surface area contributed by atoms with E-state index < -0.39 is 17.8 Å². The average Bonchev–Trinajstić information content (AvgIpc) is 3.30. The number of fused-ring (bicyclic) bond motifs is 1. The molecule has 4 rings (SSSR count). The number of hydrogen-bond acceptors (Lipinski definition) is 7. The standard InChI is InChI=1S/C17H19F2N9/c1-16(2,12-5-6-28(26-12)14(18)19)17(21)24-13(23-15(20)25-17)10-3-4-11-7-22-9-27(11)8-10/h3-9,14H,21H2,1-2H3,(H3,20,23,24,25). The number of nitrogens with zero attached hydrogens (tertiary/aromatic N) is 6. The van der Waals surface area contributed by atoms with E-state index in [4.69, 9.17) is 11.5 Å². The van der Waals surface area contributed by atoms with E-state index in [0.717, 1.165) is 5.52 Å². The van der Waals surface area contributed by atoms with E-state index in [1.165, 1.54) is 12.3 Å². The lowest BCUT2D eigenvalue weighted by atomic mass is 9.81. The normalized spacial score (nSPS) is 20.2. The Balaban J connectivity index is 1.77. The van der Waals surface area contributed by atoms with Crippen LogP contribution >= 0.6 is 0 Å². The molecule has 0 aromatic carbocycles. The monoisotopic (exact) mass is 387 g/mol. The van der Waals surface area contributed by atoms with Gasteiger partial charge in [0.2, 0.25) is 0 Å². The smallest absolute Gasteiger partial charge is 0.333 e. The second-order valence-corrected chi connectivity index (χ2v) is 7.05. The Hall–Kier alpha value is -3.34. The third kappa shape index (κ3) is 2.80. The molecule has 4 heterocycles. The zero-order valence-corrected chi connectivity index (χ0v) is 15.2. The Morgan fingerprint density at radius 1 is 1.25 bits per heavy atom. The molecule has 0 aliphatic carbocycles. The Bertz CT molecular complexity index is 1090. The molecule has 146 valence electrons. The number of nitrogens with two attached hydrogens (primary N) is 2. The van der Waals surface area contributed by atoms with Crippen LogP contribution in [0.2, 0.25) is 0 Å². The molecule has 0 radical (unpaired) electrons. The molecule has 0 saturated heterocycles. The van der Waals surface area contributed by atoms with Gasteiger partial charge in [-0.25, -0.2) is 14.7 Å². The molecule has 28 heavy (non-hydrogen) atoms. The summed E-state index contributed by atoms with van der Waals surface area (Å²) >= 11 is 0. The number of alkyl halides is 2. The maximum absolute atomic E-state index is 12.9. The van der Waals surface area contributed by atoms with Crippen LogP contribution in [0.1, 0.15) is 31.7 Å². The van der Waals surface area contributed by atoms with Crippen LogP contribution in [-0.2, 0) is 5.41 Å². The van der Waals surface area contributed by atoms with Gasteiger partial charge in [0.1, 0.15) is 0 Å². The number of aliphatic imine (C=N–C) groups is 2. The molecule has 0 fully saturated rings. The number of pyridine rings is 1. The van der Waals surface area contributed by atoms with Gasteiger partial charge in [0.15, 0.2) is 17.6 Å². The summed E-state index contributed by atoms with van der Waals surface area (Å²) < 4.78 is 28.3. The second kappa shape index (κ2) is 6.09. The van der Waals surface area contributed by atoms with Crippen molar-refractivity contribution in [1.29, 1.82) is 0 Å². The second-order valence-electron chi connectivity index (χ2n) is 7.05. The largest absolute Gasteiger partial charge is 0.370 e. The molecule has 5 N–H and O–H groups in total. The minimum atomic E-state index is -2.75. The molecule has 0 saturated carbocycles. The van der Waals surface area contributed by atoms with Gasteiger partial charge in [0.05, 0.1) is 29.1 Å². The molecular weight excluding hydrogens is 368 g/mol. The minimum absolute atomic E-state index is 0.0691. The molecule has 0 spiro atoms. The Morgan fingerprint density at radius 3 is 2.75 bits per heavy atom. The third-order valence-electron chi connectivity index (χ3n) is 4.89. The predicted octanol–water partition coefficient (Wildman–Crippen LogP) is 1.18. The molecule has 1 atom stereocenters. The van der Waals surface area contributed by atoms with Crippen molar-refractivity contribution in [2.45, 2.75) is 31.6 Å². The van der Waals surface area contributed by atoms with Gasteiger partial charge in [-0.15, -0.1) is 0 Å². The van der Waals surface area contributed by atoms with E-state index in [1.807, 2.05) is 22.7 Å². The first-order valence-electron chi connectivity index (χ1n) is 8.46. The third-order valence-corrected chi connectivity index (χ3v) is 4.89. The molecule has 1 aliphatic heterocycles. The summed E-state index contributed by atoms with van der Waals surface area (Å²) in [5.74, 6) is -1.07. The van der Waals surface area contributed by atoms with Crippen LogP contribution in [0, 0.1) is 0 Å². The number of imidazole rings is 1. The fraction of sp³-hybridized carbons (Fsp3) is 0.294. The van der Waals surface area contributed by atoms with Crippen molar-refractivity contribution >= 4 is 17.3 Å². The minimum Gasteiger partial charge on any atom is -0.370 e.